The van der Waals surface area contributed by atoms with Crippen LogP contribution in [0.15, 0.2) is 96.7 Å². The van der Waals surface area contributed by atoms with Gasteiger partial charge in [0.15, 0.2) is 0 Å². The van der Waals surface area contributed by atoms with Crippen LogP contribution < -0.4 is 0 Å². The van der Waals surface area contributed by atoms with Crippen molar-refractivity contribution in [1.82, 2.24) is 0 Å². The van der Waals surface area contributed by atoms with Crippen LogP contribution in [0.4, 0.5) is 0 Å². The van der Waals surface area contributed by atoms with E-state index in [1.165, 1.54) is 5.57 Å². The molecule has 0 bridgehead atoms. The predicted molar refractivity (Wildman–Crippen MR) is 93.7 cm³/mol. The van der Waals surface area contributed by atoms with Crippen molar-refractivity contribution in [2.45, 2.75) is 27.2 Å². The smallest absolute Gasteiger partial charge is 0.0262 e. The Labute approximate surface area is 124 Å². The third-order valence-electron chi connectivity index (χ3n) is 3.01. The maximum absolute atomic E-state index is 4.06. The first-order valence-electron chi connectivity index (χ1n) is 6.81. The Bertz CT molecular complexity index is 502. The van der Waals surface area contributed by atoms with Crippen LogP contribution >= 0.6 is 0 Å². The van der Waals surface area contributed by atoms with E-state index in [1.807, 2.05) is 24.3 Å². The molecule has 0 aromatic rings. The summed E-state index contributed by atoms with van der Waals surface area (Å²) >= 11 is 0. The lowest BCUT2D eigenvalue weighted by molar-refractivity contribution is 1.10. The molecule has 0 aliphatic rings. The fourth-order valence-corrected chi connectivity index (χ4v) is 1.22. The Kier molecular flexibility index (Phi) is 8.78. The highest BCUT2D eigenvalue weighted by molar-refractivity contribution is 5.47. The molecule has 0 atom stereocenters. The largest absolute Gasteiger partial charge is 0.0991 e. The maximum atomic E-state index is 4.06. The summed E-state index contributed by atoms with van der Waals surface area (Å²) in [5, 5.41) is 0. The average Bonchev–Trinajstić information content (AvgIpc) is 2.46. The van der Waals surface area contributed by atoms with Crippen LogP contribution in [0.25, 0.3) is 0 Å². The minimum absolute atomic E-state index is 0.873. The summed E-state index contributed by atoms with van der Waals surface area (Å²) in [6.45, 7) is 22.0. The first-order valence-corrected chi connectivity index (χ1v) is 6.81. The van der Waals surface area contributed by atoms with Gasteiger partial charge in [-0.1, -0.05) is 81.3 Å². The summed E-state index contributed by atoms with van der Waals surface area (Å²) in [6, 6.07) is 0. The molecule has 0 fully saturated rings. The molecule has 0 aromatic heterocycles. The van der Waals surface area contributed by atoms with Crippen LogP contribution in [-0.2, 0) is 0 Å². The lowest BCUT2D eigenvalue weighted by atomic mass is 10.0. The minimum atomic E-state index is 0.873. The van der Waals surface area contributed by atoms with Gasteiger partial charge in [0.25, 0.3) is 0 Å². The van der Waals surface area contributed by atoms with Gasteiger partial charge < -0.3 is 0 Å². The molecule has 0 N–H and O–H groups in total. The highest BCUT2D eigenvalue weighted by Crippen LogP contribution is 2.14. The Morgan fingerprint density at radius 1 is 0.850 bits per heavy atom. The first-order chi connectivity index (χ1) is 9.42. The second-order valence-electron chi connectivity index (χ2n) is 4.72. The molecule has 0 spiro atoms. The van der Waals surface area contributed by atoms with Crippen molar-refractivity contribution >= 4 is 0 Å². The summed E-state index contributed by atoms with van der Waals surface area (Å²) in [5.74, 6) is 0. The lowest BCUT2D eigenvalue weighted by Crippen LogP contribution is -1.82. The van der Waals surface area contributed by atoms with Gasteiger partial charge in [-0.15, -0.1) is 0 Å². The zero-order valence-electron chi connectivity index (χ0n) is 13.1. The summed E-state index contributed by atoms with van der Waals surface area (Å²) in [4.78, 5) is 0. The average molecular weight is 266 g/mol. The van der Waals surface area contributed by atoms with Gasteiger partial charge in [-0.05, 0) is 42.6 Å². The molecule has 20 heavy (non-hydrogen) atoms. The molecular weight excluding hydrogens is 240 g/mol. The number of hydrogen-bond donors (Lipinski definition) is 0. The van der Waals surface area contributed by atoms with E-state index in [1.54, 1.807) is 6.08 Å². The molecule has 0 aromatic carbocycles. The van der Waals surface area contributed by atoms with E-state index in [0.717, 1.165) is 28.7 Å². The molecule has 0 heterocycles. The lowest BCUT2D eigenvalue weighted by Gasteiger charge is -2.02. The van der Waals surface area contributed by atoms with Gasteiger partial charge in [0.1, 0.15) is 0 Å². The molecule has 106 valence electrons. The minimum Gasteiger partial charge on any atom is -0.0991 e. The Morgan fingerprint density at radius 2 is 1.40 bits per heavy atom. The SMILES string of the molecule is C=C/C=C\C(=C)C(=C)/C=C\C(=C)/C(C)=C/C=C(/C)CC. The molecule has 0 heteroatoms. The van der Waals surface area contributed by atoms with E-state index in [-0.39, 0.29) is 0 Å². The molecule has 0 unspecified atom stereocenters. The second kappa shape index (κ2) is 9.80. The van der Waals surface area contributed by atoms with Gasteiger partial charge in [-0.25, -0.2) is 0 Å². The topological polar surface area (TPSA) is 0 Å². The van der Waals surface area contributed by atoms with E-state index in [4.69, 9.17) is 0 Å². The second-order valence-corrected chi connectivity index (χ2v) is 4.72. The van der Waals surface area contributed by atoms with Crippen molar-refractivity contribution in [3.8, 4) is 0 Å². The molecule has 0 aliphatic heterocycles. The third kappa shape index (κ3) is 7.38. The van der Waals surface area contributed by atoms with Gasteiger partial charge in [-0.2, -0.15) is 0 Å². The van der Waals surface area contributed by atoms with Crippen LogP contribution in [0.3, 0.4) is 0 Å². The normalized spacial score (nSPS) is 12.9. The highest BCUT2D eigenvalue weighted by atomic mass is 14.0. The van der Waals surface area contributed by atoms with Gasteiger partial charge in [0, 0.05) is 0 Å². The van der Waals surface area contributed by atoms with Crippen molar-refractivity contribution in [2.75, 3.05) is 0 Å². The van der Waals surface area contributed by atoms with E-state index >= 15 is 0 Å². The first kappa shape index (κ1) is 17.9. The van der Waals surface area contributed by atoms with Crippen LogP contribution in [-0.4, -0.2) is 0 Å². The standard InChI is InChI=1S/C20H26/c1-8-10-11-17(4)19(6)14-15-20(7)18(5)13-12-16(3)9-2/h8,10-15H,1,4,6-7,9H2,2-3,5H3/b11-10-,15-14-,16-12-,18-13+. The van der Waals surface area contributed by atoms with E-state index in [2.05, 4.69) is 59.2 Å². The van der Waals surface area contributed by atoms with Crippen LogP contribution in [0.5, 0.6) is 0 Å². The van der Waals surface area contributed by atoms with E-state index in [9.17, 15) is 0 Å². The summed E-state index contributed by atoms with van der Waals surface area (Å²) in [5.41, 5.74) is 5.23. The van der Waals surface area contributed by atoms with Crippen LogP contribution in [0.1, 0.15) is 27.2 Å². The number of hydrogen-bond acceptors (Lipinski definition) is 0. The molecule has 0 saturated carbocycles. The molecule has 0 radical (unpaired) electrons. The molecule has 0 saturated heterocycles. The van der Waals surface area contributed by atoms with Crippen molar-refractivity contribution in [1.29, 1.82) is 0 Å². The number of allylic oxidation sites excluding steroid dienone is 12. The van der Waals surface area contributed by atoms with Gasteiger partial charge >= 0.3 is 0 Å². The zero-order valence-corrected chi connectivity index (χ0v) is 13.1. The van der Waals surface area contributed by atoms with Crippen molar-refractivity contribution in [3.05, 3.63) is 96.7 Å². The monoisotopic (exact) mass is 266 g/mol. The molecule has 0 aliphatic carbocycles. The van der Waals surface area contributed by atoms with Crippen LogP contribution in [0.2, 0.25) is 0 Å². The van der Waals surface area contributed by atoms with Gasteiger partial charge in [0.05, 0.1) is 0 Å². The molecule has 0 nitrogen and oxygen atoms in total. The highest BCUT2D eigenvalue weighted by Gasteiger charge is 1.94. The fourth-order valence-electron chi connectivity index (χ4n) is 1.22. The molecular formula is C20H26. The van der Waals surface area contributed by atoms with E-state index < -0.39 is 0 Å². The van der Waals surface area contributed by atoms with Crippen molar-refractivity contribution in [2.24, 2.45) is 0 Å². The predicted octanol–water partition coefficient (Wildman–Crippen LogP) is 6.26. The van der Waals surface area contributed by atoms with E-state index in [0.29, 0.717) is 0 Å². The quantitative estimate of drug-likeness (QED) is 0.455. The maximum Gasteiger partial charge on any atom is -0.0262 e. The Balaban J connectivity index is 4.71. The van der Waals surface area contributed by atoms with Crippen LogP contribution in [0, 0.1) is 0 Å². The zero-order chi connectivity index (χ0) is 15.5. The van der Waals surface area contributed by atoms with Gasteiger partial charge in [-0.3, -0.25) is 0 Å². The Hall–Kier alpha value is -2.08. The fraction of sp³-hybridized carbons (Fsp3) is 0.200. The molecule has 0 amide bonds. The summed E-state index contributed by atoms with van der Waals surface area (Å²) < 4.78 is 0. The summed E-state index contributed by atoms with van der Waals surface area (Å²) in [7, 11) is 0. The number of rotatable bonds is 8. The molecule has 0 rings (SSSR count). The van der Waals surface area contributed by atoms with Crippen molar-refractivity contribution < 1.29 is 0 Å². The summed E-state index contributed by atoms with van der Waals surface area (Å²) in [6.07, 6.45) is 14.7. The third-order valence-corrected chi connectivity index (χ3v) is 3.01. The van der Waals surface area contributed by atoms with Crippen molar-refractivity contribution in [3.63, 3.8) is 0 Å². The van der Waals surface area contributed by atoms with Gasteiger partial charge in [0.2, 0.25) is 0 Å². The Morgan fingerprint density at radius 3 is 1.95 bits per heavy atom.